The SMILES string of the molecule is O=C(COc1ccc(Cl)c(F)c1)NC12CC(Nc3ncc(C(F)F)cn3)(C1)C2. The number of carbonyl (C=O) groups is 1. The number of alkyl halides is 2. The molecule has 3 aliphatic rings. The van der Waals surface area contributed by atoms with Gasteiger partial charge in [0.25, 0.3) is 12.3 Å². The van der Waals surface area contributed by atoms with Crippen LogP contribution in [-0.4, -0.2) is 33.6 Å². The van der Waals surface area contributed by atoms with Crippen LogP contribution in [0.3, 0.4) is 0 Å². The van der Waals surface area contributed by atoms with Crippen LogP contribution in [0.15, 0.2) is 30.6 Å². The first-order chi connectivity index (χ1) is 13.3. The molecule has 28 heavy (non-hydrogen) atoms. The van der Waals surface area contributed by atoms with Crippen molar-refractivity contribution in [3.05, 3.63) is 47.0 Å². The lowest BCUT2D eigenvalue weighted by atomic mass is 9.44. The number of halogens is 4. The lowest BCUT2D eigenvalue weighted by molar-refractivity contribution is -0.135. The second kappa shape index (κ2) is 6.80. The molecule has 3 saturated carbocycles. The van der Waals surface area contributed by atoms with Crippen molar-refractivity contribution in [3.8, 4) is 5.75 Å². The first-order valence-corrected chi connectivity index (χ1v) is 8.93. The third kappa shape index (κ3) is 3.58. The number of nitrogens with one attached hydrogen (secondary N) is 2. The Balaban J connectivity index is 1.24. The summed E-state index contributed by atoms with van der Waals surface area (Å²) in [6, 6.07) is 3.96. The van der Waals surface area contributed by atoms with E-state index in [0.29, 0.717) is 19.3 Å². The topological polar surface area (TPSA) is 76.1 Å². The number of benzene rings is 1. The molecule has 148 valence electrons. The molecule has 1 heterocycles. The van der Waals surface area contributed by atoms with E-state index in [0.717, 1.165) is 18.5 Å². The van der Waals surface area contributed by atoms with Crippen LogP contribution in [-0.2, 0) is 4.79 Å². The van der Waals surface area contributed by atoms with Gasteiger partial charge >= 0.3 is 0 Å². The van der Waals surface area contributed by atoms with Crippen LogP contribution < -0.4 is 15.4 Å². The fourth-order valence-corrected chi connectivity index (χ4v) is 3.97. The summed E-state index contributed by atoms with van der Waals surface area (Å²) in [7, 11) is 0. The number of aromatic nitrogens is 2. The Labute approximate surface area is 163 Å². The Morgan fingerprint density at radius 1 is 1.21 bits per heavy atom. The van der Waals surface area contributed by atoms with Crippen molar-refractivity contribution in [3.63, 3.8) is 0 Å². The first-order valence-electron chi connectivity index (χ1n) is 8.55. The standard InChI is InChI=1S/C18H16ClF3N4O2/c19-12-2-1-11(3-13(12)20)28-6-14(27)25-17-7-18(8-17,9-17)26-16-23-4-10(5-24-16)15(21)22/h1-5,15H,6-9H2,(H,25,27)(H,23,24,26). The Morgan fingerprint density at radius 3 is 2.50 bits per heavy atom. The lowest BCUT2D eigenvalue weighted by Gasteiger charge is -2.70. The number of hydrogen-bond acceptors (Lipinski definition) is 5. The van der Waals surface area contributed by atoms with Gasteiger partial charge in [-0.1, -0.05) is 11.6 Å². The normalized spacial score (nSPS) is 24.9. The molecule has 0 spiro atoms. The third-order valence-corrected chi connectivity index (χ3v) is 5.30. The van der Waals surface area contributed by atoms with Crippen molar-refractivity contribution in [2.75, 3.05) is 11.9 Å². The molecule has 0 radical (unpaired) electrons. The number of hydrogen-bond donors (Lipinski definition) is 2. The van der Waals surface area contributed by atoms with Gasteiger partial charge in [-0.2, -0.15) is 0 Å². The molecule has 1 aromatic carbocycles. The summed E-state index contributed by atoms with van der Waals surface area (Å²) >= 11 is 5.60. The Kier molecular flexibility index (Phi) is 4.57. The molecule has 2 aromatic rings. The van der Waals surface area contributed by atoms with Gasteiger partial charge < -0.3 is 15.4 Å². The van der Waals surface area contributed by atoms with E-state index in [2.05, 4.69) is 20.6 Å². The van der Waals surface area contributed by atoms with Crippen LogP contribution in [0.4, 0.5) is 19.1 Å². The molecule has 0 atom stereocenters. The van der Waals surface area contributed by atoms with E-state index in [9.17, 15) is 18.0 Å². The highest BCUT2D eigenvalue weighted by Crippen LogP contribution is 2.61. The van der Waals surface area contributed by atoms with Gasteiger partial charge in [0.15, 0.2) is 6.61 Å². The van der Waals surface area contributed by atoms with Gasteiger partial charge in [-0.05, 0) is 31.4 Å². The molecule has 1 aromatic heterocycles. The highest BCUT2D eigenvalue weighted by Gasteiger charge is 2.69. The van der Waals surface area contributed by atoms with E-state index in [-0.39, 0.29) is 45.9 Å². The summed E-state index contributed by atoms with van der Waals surface area (Å²) in [6.45, 7) is -0.235. The predicted molar refractivity (Wildman–Crippen MR) is 95.0 cm³/mol. The van der Waals surface area contributed by atoms with Crippen molar-refractivity contribution >= 4 is 23.5 Å². The van der Waals surface area contributed by atoms with E-state index in [1.807, 2.05) is 0 Å². The molecule has 0 aliphatic heterocycles. The Hall–Kier alpha value is -2.55. The maximum atomic E-state index is 13.4. The minimum Gasteiger partial charge on any atom is -0.484 e. The molecule has 6 nitrogen and oxygen atoms in total. The van der Waals surface area contributed by atoms with Crippen LogP contribution >= 0.6 is 11.6 Å². The summed E-state index contributed by atoms with van der Waals surface area (Å²) in [5, 5.41) is 6.06. The van der Waals surface area contributed by atoms with Crippen molar-refractivity contribution in [2.45, 2.75) is 36.8 Å². The number of rotatable bonds is 7. The zero-order valence-corrected chi connectivity index (χ0v) is 15.3. The fourth-order valence-electron chi connectivity index (χ4n) is 3.85. The fraction of sp³-hybridized carbons (Fsp3) is 0.389. The predicted octanol–water partition coefficient (Wildman–Crippen LogP) is 3.49. The van der Waals surface area contributed by atoms with E-state index in [1.165, 1.54) is 12.1 Å². The summed E-state index contributed by atoms with van der Waals surface area (Å²) in [4.78, 5) is 19.9. The first kappa shape index (κ1) is 18.8. The van der Waals surface area contributed by atoms with Crippen molar-refractivity contribution in [2.24, 2.45) is 0 Å². The summed E-state index contributed by atoms with van der Waals surface area (Å²) in [5.74, 6) is -0.411. The van der Waals surface area contributed by atoms with Crippen LogP contribution in [0.25, 0.3) is 0 Å². The van der Waals surface area contributed by atoms with Crippen LogP contribution in [0.2, 0.25) is 5.02 Å². The zero-order valence-electron chi connectivity index (χ0n) is 14.5. The van der Waals surface area contributed by atoms with Crippen LogP contribution in [0, 0.1) is 5.82 Å². The largest absolute Gasteiger partial charge is 0.484 e. The molecule has 0 saturated heterocycles. The molecule has 1 amide bonds. The van der Waals surface area contributed by atoms with E-state index in [4.69, 9.17) is 16.3 Å². The highest BCUT2D eigenvalue weighted by atomic mass is 35.5. The van der Waals surface area contributed by atoms with Gasteiger partial charge in [0.1, 0.15) is 11.6 Å². The van der Waals surface area contributed by atoms with Crippen molar-refractivity contribution in [1.82, 2.24) is 15.3 Å². The van der Waals surface area contributed by atoms with Gasteiger partial charge in [0, 0.05) is 29.5 Å². The molecule has 2 N–H and O–H groups in total. The van der Waals surface area contributed by atoms with E-state index >= 15 is 0 Å². The quantitative estimate of drug-likeness (QED) is 0.728. The molecular formula is C18H16ClF3N4O2. The number of ether oxygens (including phenoxy) is 1. The monoisotopic (exact) mass is 412 g/mol. The van der Waals surface area contributed by atoms with Crippen LogP contribution in [0.5, 0.6) is 5.75 Å². The molecule has 3 fully saturated rings. The molecule has 0 unspecified atom stereocenters. The minimum absolute atomic E-state index is 0.0173. The van der Waals surface area contributed by atoms with Gasteiger partial charge in [0.05, 0.1) is 10.6 Å². The summed E-state index contributed by atoms with van der Waals surface area (Å²) in [6.07, 6.45) is 1.64. The van der Waals surface area contributed by atoms with Gasteiger partial charge in [0.2, 0.25) is 5.95 Å². The number of amides is 1. The lowest BCUT2D eigenvalue weighted by Crippen LogP contribution is -2.81. The van der Waals surface area contributed by atoms with E-state index < -0.39 is 12.2 Å². The zero-order chi connectivity index (χ0) is 19.9. The number of carbonyl (C=O) groups excluding carboxylic acids is 1. The average Bonchev–Trinajstić information content (AvgIpc) is 2.60. The second-order valence-electron chi connectivity index (χ2n) is 7.27. The number of anilines is 1. The maximum Gasteiger partial charge on any atom is 0.266 e. The summed E-state index contributed by atoms with van der Waals surface area (Å²) in [5.41, 5.74) is -0.756. The molecular weight excluding hydrogens is 397 g/mol. The second-order valence-corrected chi connectivity index (χ2v) is 7.68. The van der Waals surface area contributed by atoms with Gasteiger partial charge in [-0.15, -0.1) is 0 Å². The Morgan fingerprint density at radius 2 is 1.89 bits per heavy atom. The molecule has 2 bridgehead atoms. The highest BCUT2D eigenvalue weighted by molar-refractivity contribution is 6.30. The summed E-state index contributed by atoms with van der Waals surface area (Å²) < 4.78 is 43.7. The van der Waals surface area contributed by atoms with Gasteiger partial charge in [-0.3, -0.25) is 4.79 Å². The average molecular weight is 413 g/mol. The third-order valence-electron chi connectivity index (χ3n) is 5.00. The van der Waals surface area contributed by atoms with Gasteiger partial charge in [-0.25, -0.2) is 23.1 Å². The maximum absolute atomic E-state index is 13.4. The van der Waals surface area contributed by atoms with Crippen molar-refractivity contribution < 1.29 is 22.7 Å². The van der Waals surface area contributed by atoms with E-state index in [1.54, 1.807) is 0 Å². The Bertz CT molecular complexity index is 890. The molecule has 5 rings (SSSR count). The van der Waals surface area contributed by atoms with Crippen LogP contribution in [0.1, 0.15) is 31.3 Å². The minimum atomic E-state index is -2.60. The smallest absolute Gasteiger partial charge is 0.266 e. The number of nitrogens with zero attached hydrogens (tertiary/aromatic N) is 2. The molecule has 10 heteroatoms. The molecule has 3 aliphatic carbocycles. The van der Waals surface area contributed by atoms with Crippen molar-refractivity contribution in [1.29, 1.82) is 0 Å².